The van der Waals surface area contributed by atoms with Gasteiger partial charge in [-0.2, -0.15) is 0 Å². The third-order valence-corrected chi connectivity index (χ3v) is 14.8. The van der Waals surface area contributed by atoms with Gasteiger partial charge in [-0.15, -0.1) is 0 Å². The second-order valence-corrected chi connectivity index (χ2v) is 17.7. The number of hydrogen-bond acceptors (Lipinski definition) is 0. The summed E-state index contributed by atoms with van der Waals surface area (Å²) in [6.07, 6.45) is 0. The summed E-state index contributed by atoms with van der Waals surface area (Å²) in [5.74, 6) is 0. The van der Waals surface area contributed by atoms with E-state index in [2.05, 4.69) is 218 Å². The average Bonchev–Trinajstić information content (AvgIpc) is 3.69. The van der Waals surface area contributed by atoms with E-state index in [9.17, 15) is 0 Å². The van der Waals surface area contributed by atoms with Gasteiger partial charge in [-0.25, -0.2) is 0 Å². The molecular formula is C58H36Se. The molecule has 12 rings (SSSR count). The number of hydrogen-bond donors (Lipinski definition) is 0. The van der Waals surface area contributed by atoms with Gasteiger partial charge in [0, 0.05) is 0 Å². The summed E-state index contributed by atoms with van der Waals surface area (Å²) in [6.45, 7) is 0. The van der Waals surface area contributed by atoms with Crippen LogP contribution in [0.15, 0.2) is 218 Å². The van der Waals surface area contributed by atoms with E-state index < -0.39 is 0 Å². The van der Waals surface area contributed by atoms with Crippen LogP contribution in [0.3, 0.4) is 0 Å². The molecular weight excluding hydrogens is 776 g/mol. The molecule has 0 aliphatic heterocycles. The molecule has 0 fully saturated rings. The molecule has 0 saturated carbocycles. The molecule has 0 bridgehead atoms. The smallest absolute Gasteiger partial charge is 0.0544 e. The van der Waals surface area contributed by atoms with E-state index in [1.54, 1.807) is 0 Å². The van der Waals surface area contributed by atoms with Crippen molar-refractivity contribution in [3.8, 4) is 55.6 Å². The molecule has 11 aromatic carbocycles. The van der Waals surface area contributed by atoms with E-state index in [-0.39, 0.29) is 14.5 Å². The van der Waals surface area contributed by atoms with Gasteiger partial charge in [0.1, 0.15) is 0 Å². The number of fused-ring (bicyclic) bond motifs is 7. The first-order valence-corrected chi connectivity index (χ1v) is 22.1. The van der Waals surface area contributed by atoms with Crippen LogP contribution in [0.1, 0.15) is 0 Å². The second kappa shape index (κ2) is 13.8. The molecule has 274 valence electrons. The molecule has 0 aliphatic carbocycles. The van der Waals surface area contributed by atoms with Gasteiger partial charge in [0.15, 0.2) is 0 Å². The molecule has 0 unspecified atom stereocenters. The van der Waals surface area contributed by atoms with Gasteiger partial charge in [0.25, 0.3) is 0 Å². The van der Waals surface area contributed by atoms with Crippen molar-refractivity contribution in [2.24, 2.45) is 0 Å². The molecule has 12 aromatic rings. The van der Waals surface area contributed by atoms with Crippen molar-refractivity contribution in [1.82, 2.24) is 0 Å². The van der Waals surface area contributed by atoms with Gasteiger partial charge >= 0.3 is 321 Å². The quantitative estimate of drug-likeness (QED) is 0.120. The van der Waals surface area contributed by atoms with E-state index in [4.69, 9.17) is 0 Å². The van der Waals surface area contributed by atoms with Gasteiger partial charge in [-0.3, -0.25) is 0 Å². The zero-order valence-corrected chi connectivity index (χ0v) is 33.9. The van der Waals surface area contributed by atoms with E-state index in [0.717, 1.165) is 0 Å². The van der Waals surface area contributed by atoms with Crippen molar-refractivity contribution in [2.45, 2.75) is 0 Å². The summed E-state index contributed by atoms with van der Waals surface area (Å²) in [6, 6.07) is 81.0. The van der Waals surface area contributed by atoms with E-state index in [1.165, 1.54) is 118 Å². The maximum Gasteiger partial charge on any atom is -0.0544 e. The summed E-state index contributed by atoms with van der Waals surface area (Å²) in [4.78, 5) is 0. The predicted octanol–water partition coefficient (Wildman–Crippen LogP) is 16.0. The topological polar surface area (TPSA) is 0 Å². The third kappa shape index (κ3) is 5.44. The summed E-state index contributed by atoms with van der Waals surface area (Å²) in [7, 11) is 0. The summed E-state index contributed by atoms with van der Waals surface area (Å²) in [5, 5.41) is 13.0. The largest absolute Gasteiger partial charge is 0.0617 e. The van der Waals surface area contributed by atoms with Gasteiger partial charge in [0.2, 0.25) is 0 Å². The summed E-state index contributed by atoms with van der Waals surface area (Å²) < 4.78 is 2.92. The molecule has 0 nitrogen and oxygen atoms in total. The van der Waals surface area contributed by atoms with Crippen molar-refractivity contribution in [3.05, 3.63) is 218 Å². The minimum absolute atomic E-state index is 0.151. The van der Waals surface area contributed by atoms with Crippen LogP contribution in [-0.2, 0) is 0 Å². The van der Waals surface area contributed by atoms with Crippen LogP contribution < -0.4 is 0 Å². The molecule has 1 heteroatoms. The molecule has 0 spiro atoms. The van der Waals surface area contributed by atoms with Crippen molar-refractivity contribution in [1.29, 1.82) is 0 Å². The van der Waals surface area contributed by atoms with E-state index in [1.807, 2.05) is 0 Å². The first-order chi connectivity index (χ1) is 29.3. The van der Waals surface area contributed by atoms with Crippen LogP contribution in [0.4, 0.5) is 0 Å². The third-order valence-electron chi connectivity index (χ3n) is 12.2. The molecule has 59 heavy (non-hydrogen) atoms. The van der Waals surface area contributed by atoms with Crippen LogP contribution in [0.2, 0.25) is 0 Å². The molecule has 0 atom stereocenters. The monoisotopic (exact) mass is 812 g/mol. The van der Waals surface area contributed by atoms with E-state index >= 15 is 0 Å². The fraction of sp³-hybridized carbons (Fsp3) is 0. The molecule has 1 heterocycles. The van der Waals surface area contributed by atoms with Crippen molar-refractivity contribution >= 4 is 76.9 Å². The van der Waals surface area contributed by atoms with E-state index in [0.29, 0.717) is 0 Å². The average molecular weight is 812 g/mol. The Morgan fingerprint density at radius 1 is 0.220 bits per heavy atom. The molecule has 0 N–H and O–H groups in total. The zero-order valence-electron chi connectivity index (χ0n) is 32.2. The van der Waals surface area contributed by atoms with Crippen LogP contribution in [0.25, 0.3) is 118 Å². The van der Waals surface area contributed by atoms with Crippen LogP contribution in [-0.4, -0.2) is 14.5 Å². The van der Waals surface area contributed by atoms with Gasteiger partial charge in [-0.05, 0) is 0 Å². The minimum Gasteiger partial charge on any atom is -0.0617 e. The van der Waals surface area contributed by atoms with Crippen LogP contribution >= 0.6 is 0 Å². The normalized spacial score (nSPS) is 11.7. The van der Waals surface area contributed by atoms with Crippen LogP contribution in [0.5, 0.6) is 0 Å². The zero-order chi connectivity index (χ0) is 38.9. The first kappa shape index (κ1) is 34.1. The fourth-order valence-corrected chi connectivity index (χ4v) is 12.2. The Morgan fingerprint density at radius 2 is 0.610 bits per heavy atom. The number of benzene rings is 11. The second-order valence-electron chi connectivity index (χ2n) is 15.5. The van der Waals surface area contributed by atoms with Crippen molar-refractivity contribution in [2.75, 3.05) is 0 Å². The SMILES string of the molecule is c1ccc(-c2cccc(-c3c4ccccc4c(-c4ccc5[se]c6c(-c7c8ccccc8c(-c8ccccc8)c8ccccc78)cccc6c5c4)c4ccccc34)c2)cc1. The number of rotatable bonds is 5. The molecule has 1 aromatic heterocycles. The van der Waals surface area contributed by atoms with Gasteiger partial charge < -0.3 is 0 Å². The first-order valence-electron chi connectivity index (χ1n) is 20.3. The molecule has 0 radical (unpaired) electrons. The Bertz CT molecular complexity index is 3480. The van der Waals surface area contributed by atoms with Gasteiger partial charge in [0.05, 0.1) is 0 Å². The minimum atomic E-state index is 0.151. The maximum atomic E-state index is 2.49. The fourth-order valence-electron chi connectivity index (χ4n) is 9.72. The van der Waals surface area contributed by atoms with Crippen LogP contribution in [0, 0.1) is 0 Å². The molecule has 0 saturated heterocycles. The van der Waals surface area contributed by atoms with Crippen molar-refractivity contribution in [3.63, 3.8) is 0 Å². The Morgan fingerprint density at radius 3 is 1.15 bits per heavy atom. The van der Waals surface area contributed by atoms with Crippen molar-refractivity contribution < 1.29 is 0 Å². The maximum absolute atomic E-state index is 2.49. The predicted molar refractivity (Wildman–Crippen MR) is 256 cm³/mol. The Labute approximate surface area is 349 Å². The Hall–Kier alpha value is -7.02. The molecule has 0 aliphatic rings. The Kier molecular flexibility index (Phi) is 7.98. The molecule has 0 amide bonds. The van der Waals surface area contributed by atoms with Gasteiger partial charge in [-0.1, -0.05) is 30.3 Å². The standard InChI is InChI=1S/C58H36Se/c1-3-17-37(18-4-1)39-21-15-22-40(35-39)55-42-23-7-9-25-44(42)56(45-26-10-8-24-43(45)55)41-33-34-53-52(36-41)50-31-16-32-51(58(50)59-53)57-48-29-13-11-27-46(48)54(38-19-5-2-6-20-38)47-28-12-14-30-49(47)57/h1-36H. The summed E-state index contributed by atoms with van der Waals surface area (Å²) in [5.41, 5.74) is 12.8. The Balaban J connectivity index is 1.08. The summed E-state index contributed by atoms with van der Waals surface area (Å²) >= 11 is 0.151.